The molecule has 1 aliphatic carbocycles. The number of carbonyl (C=O) groups excluding carboxylic acids is 1. The van der Waals surface area contributed by atoms with E-state index in [9.17, 15) is 18.0 Å². The largest absolute Gasteiger partial charge is 0.573 e. The maximum atomic E-state index is 12.4. The number of benzene rings is 2. The smallest absolute Gasteiger partial charge is 0.424 e. The van der Waals surface area contributed by atoms with Crippen LogP contribution in [0.25, 0.3) is 21.3 Å². The van der Waals surface area contributed by atoms with Gasteiger partial charge < -0.3 is 14.5 Å². The first-order chi connectivity index (χ1) is 16.7. The van der Waals surface area contributed by atoms with Crippen LogP contribution >= 0.6 is 11.3 Å². The monoisotopic (exact) mass is 499 g/mol. The van der Waals surface area contributed by atoms with Gasteiger partial charge in [0.05, 0.1) is 22.7 Å². The molecule has 0 aliphatic heterocycles. The minimum atomic E-state index is -4.73. The van der Waals surface area contributed by atoms with Crippen LogP contribution in [-0.2, 0) is 17.6 Å². The minimum absolute atomic E-state index is 0.105. The van der Waals surface area contributed by atoms with E-state index in [-0.39, 0.29) is 30.4 Å². The fraction of sp³-hybridized carbons (Fsp3) is 0.261. The number of nitrogens with one attached hydrogen (secondary N) is 1. The van der Waals surface area contributed by atoms with Crippen LogP contribution in [0.5, 0.6) is 5.75 Å². The standard InChI is InChI=1S/C23H16F3N5O3S/c24-23(25,26)34-15-4-1-13(2-5-15)14-3-6-16-17(9-14)35-21(28-16)11-20-31-30-19(33-20)10-18(32)29-22(12-27)7-8-22/h1-6,9H,7-8,10-11H2,(H,29,32). The molecule has 0 spiro atoms. The molecule has 0 saturated heterocycles. The lowest BCUT2D eigenvalue weighted by atomic mass is 10.1. The Morgan fingerprint density at radius 1 is 1.14 bits per heavy atom. The predicted molar refractivity (Wildman–Crippen MR) is 118 cm³/mol. The summed E-state index contributed by atoms with van der Waals surface area (Å²) in [4.78, 5) is 16.6. The van der Waals surface area contributed by atoms with Crippen molar-refractivity contribution in [1.82, 2.24) is 20.5 Å². The highest BCUT2D eigenvalue weighted by molar-refractivity contribution is 7.18. The number of alkyl halides is 3. The number of hydrogen-bond donors (Lipinski definition) is 1. The first-order valence-electron chi connectivity index (χ1n) is 10.5. The van der Waals surface area contributed by atoms with Crippen LogP contribution in [0.3, 0.4) is 0 Å². The fourth-order valence-electron chi connectivity index (χ4n) is 3.48. The Bertz CT molecular complexity index is 1440. The number of halogens is 3. The van der Waals surface area contributed by atoms with E-state index in [4.69, 9.17) is 9.68 Å². The third kappa shape index (κ3) is 5.41. The fourth-order valence-corrected chi connectivity index (χ4v) is 4.47. The van der Waals surface area contributed by atoms with Crippen molar-refractivity contribution in [3.8, 4) is 22.9 Å². The average molecular weight is 499 g/mol. The van der Waals surface area contributed by atoms with Crippen molar-refractivity contribution in [2.45, 2.75) is 37.6 Å². The van der Waals surface area contributed by atoms with Crippen LogP contribution in [0.15, 0.2) is 46.9 Å². The predicted octanol–water partition coefficient (Wildman–Crippen LogP) is 4.55. The van der Waals surface area contributed by atoms with Gasteiger partial charge in [0.15, 0.2) is 0 Å². The van der Waals surface area contributed by atoms with E-state index in [0.29, 0.717) is 18.7 Å². The minimum Gasteiger partial charge on any atom is -0.424 e. The van der Waals surface area contributed by atoms with Gasteiger partial charge in [-0.25, -0.2) is 4.98 Å². The number of ether oxygens (including phenoxy) is 1. The number of nitrogens with zero attached hydrogens (tertiary/aromatic N) is 4. The SMILES string of the molecule is N#CC1(NC(=O)Cc2nnc(Cc3nc4ccc(-c5ccc(OC(F)(F)F)cc5)cc4s3)o2)CC1. The molecule has 0 radical (unpaired) electrons. The van der Waals surface area contributed by atoms with E-state index in [1.807, 2.05) is 18.2 Å². The Labute approximate surface area is 200 Å². The molecular weight excluding hydrogens is 483 g/mol. The van der Waals surface area contributed by atoms with Crippen molar-refractivity contribution in [2.75, 3.05) is 0 Å². The third-order valence-corrected chi connectivity index (χ3v) is 6.34. The highest BCUT2D eigenvalue weighted by Gasteiger charge is 2.44. The van der Waals surface area contributed by atoms with Gasteiger partial charge in [-0.2, -0.15) is 5.26 Å². The van der Waals surface area contributed by atoms with Crippen LogP contribution in [-0.4, -0.2) is 33.0 Å². The molecule has 1 aliphatic rings. The lowest BCUT2D eigenvalue weighted by molar-refractivity contribution is -0.274. The van der Waals surface area contributed by atoms with Gasteiger partial charge in [0.1, 0.15) is 22.7 Å². The topological polar surface area (TPSA) is 114 Å². The molecule has 1 fully saturated rings. The molecule has 2 aromatic carbocycles. The number of aromatic nitrogens is 3. The molecule has 35 heavy (non-hydrogen) atoms. The van der Waals surface area contributed by atoms with Gasteiger partial charge in [0.25, 0.3) is 0 Å². The molecular formula is C23H16F3N5O3S. The summed E-state index contributed by atoms with van der Waals surface area (Å²) in [5.74, 6) is -0.151. The summed E-state index contributed by atoms with van der Waals surface area (Å²) in [6, 6.07) is 13.3. The molecule has 0 unspecified atom stereocenters. The Hall–Kier alpha value is -3.98. The van der Waals surface area contributed by atoms with Crippen LogP contribution < -0.4 is 10.1 Å². The number of thiazole rings is 1. The normalized spacial score (nSPS) is 14.5. The van der Waals surface area contributed by atoms with Crippen LogP contribution in [0.4, 0.5) is 13.2 Å². The maximum absolute atomic E-state index is 12.4. The van der Waals surface area contributed by atoms with Gasteiger partial charge in [-0.05, 0) is 48.2 Å². The number of amides is 1. The van der Waals surface area contributed by atoms with E-state index in [2.05, 4.69) is 31.3 Å². The van der Waals surface area contributed by atoms with Crippen molar-refractivity contribution in [3.05, 3.63) is 59.3 Å². The molecule has 1 amide bonds. The molecule has 0 bridgehead atoms. The van der Waals surface area contributed by atoms with Gasteiger partial charge in [-0.3, -0.25) is 4.79 Å². The number of hydrogen-bond acceptors (Lipinski definition) is 8. The second-order valence-electron chi connectivity index (χ2n) is 8.05. The maximum Gasteiger partial charge on any atom is 0.573 e. The first kappa shape index (κ1) is 22.8. The van der Waals surface area contributed by atoms with Gasteiger partial charge in [-0.1, -0.05) is 18.2 Å². The molecule has 1 N–H and O–H groups in total. The van der Waals surface area contributed by atoms with E-state index >= 15 is 0 Å². The summed E-state index contributed by atoms with van der Waals surface area (Å²) in [7, 11) is 0. The molecule has 4 aromatic rings. The van der Waals surface area contributed by atoms with Crippen LogP contribution in [0.1, 0.15) is 29.6 Å². The van der Waals surface area contributed by atoms with Crippen LogP contribution in [0.2, 0.25) is 0 Å². The summed E-state index contributed by atoms with van der Waals surface area (Å²) in [6.07, 6.45) is -3.27. The number of fused-ring (bicyclic) bond motifs is 1. The number of carbonyl (C=O) groups is 1. The molecule has 1 saturated carbocycles. The zero-order chi connectivity index (χ0) is 24.6. The van der Waals surface area contributed by atoms with E-state index in [0.717, 1.165) is 26.4 Å². The van der Waals surface area contributed by atoms with Crippen molar-refractivity contribution in [3.63, 3.8) is 0 Å². The lowest BCUT2D eigenvalue weighted by Crippen LogP contribution is -2.36. The quantitative estimate of drug-likeness (QED) is 0.397. The summed E-state index contributed by atoms with van der Waals surface area (Å²) in [5, 5.41) is 20.4. The zero-order valence-corrected chi connectivity index (χ0v) is 18.7. The molecule has 2 heterocycles. The molecule has 12 heteroatoms. The second kappa shape index (κ2) is 8.66. The van der Waals surface area contributed by atoms with E-state index < -0.39 is 11.9 Å². The average Bonchev–Trinajstić information content (AvgIpc) is 3.24. The van der Waals surface area contributed by atoms with Gasteiger partial charge in [0, 0.05) is 0 Å². The molecule has 8 nitrogen and oxygen atoms in total. The Balaban J connectivity index is 1.25. The van der Waals surface area contributed by atoms with Gasteiger partial charge in [0.2, 0.25) is 17.7 Å². The van der Waals surface area contributed by atoms with Crippen molar-refractivity contribution >= 4 is 27.5 Å². The highest BCUT2D eigenvalue weighted by atomic mass is 32.1. The van der Waals surface area contributed by atoms with Crippen LogP contribution in [0, 0.1) is 11.3 Å². The molecule has 5 rings (SSSR count). The molecule has 2 aromatic heterocycles. The summed E-state index contributed by atoms with van der Waals surface area (Å²) in [6.45, 7) is 0. The summed E-state index contributed by atoms with van der Waals surface area (Å²) in [5.41, 5.74) is 1.57. The van der Waals surface area contributed by atoms with Gasteiger partial charge >= 0.3 is 6.36 Å². The highest BCUT2D eigenvalue weighted by Crippen LogP contribution is 2.34. The summed E-state index contributed by atoms with van der Waals surface area (Å²) >= 11 is 1.43. The van der Waals surface area contributed by atoms with E-state index in [1.54, 1.807) is 12.1 Å². The van der Waals surface area contributed by atoms with Gasteiger partial charge in [-0.15, -0.1) is 34.7 Å². The Kier molecular flexibility index (Phi) is 5.64. The van der Waals surface area contributed by atoms with E-state index in [1.165, 1.54) is 23.5 Å². The second-order valence-corrected chi connectivity index (χ2v) is 9.16. The zero-order valence-electron chi connectivity index (χ0n) is 17.9. The Morgan fingerprint density at radius 2 is 1.86 bits per heavy atom. The Morgan fingerprint density at radius 3 is 2.54 bits per heavy atom. The van der Waals surface area contributed by atoms with Crippen molar-refractivity contribution in [2.24, 2.45) is 0 Å². The first-order valence-corrected chi connectivity index (χ1v) is 11.3. The van der Waals surface area contributed by atoms with Crippen molar-refractivity contribution in [1.29, 1.82) is 5.26 Å². The number of rotatable bonds is 7. The summed E-state index contributed by atoms with van der Waals surface area (Å²) < 4.78 is 47.4. The third-order valence-electron chi connectivity index (χ3n) is 5.32. The molecule has 0 atom stereocenters. The number of nitriles is 1. The molecule has 178 valence electrons. The van der Waals surface area contributed by atoms with Crippen molar-refractivity contribution < 1.29 is 27.1 Å². The lowest BCUT2D eigenvalue weighted by Gasteiger charge is -2.09.